The van der Waals surface area contributed by atoms with Gasteiger partial charge < -0.3 is 10.1 Å². The summed E-state index contributed by atoms with van der Waals surface area (Å²) in [7, 11) is 0. The van der Waals surface area contributed by atoms with Crippen molar-refractivity contribution in [1.82, 2.24) is 14.4 Å². The predicted octanol–water partition coefficient (Wildman–Crippen LogP) is 1.90. The van der Waals surface area contributed by atoms with E-state index in [1.165, 1.54) is 0 Å². The number of pyridine rings is 2. The zero-order valence-corrected chi connectivity index (χ0v) is 9.95. The van der Waals surface area contributed by atoms with Crippen LogP contribution < -0.4 is 5.73 Å². The molecule has 0 aliphatic carbocycles. The molecular weight excluding hydrogens is 224 g/mol. The highest BCUT2D eigenvalue weighted by molar-refractivity contribution is 5.65. The minimum absolute atomic E-state index is 0.617. The molecule has 4 heteroatoms. The highest BCUT2D eigenvalue weighted by Crippen LogP contribution is 2.22. The number of aromatic nitrogens is 3. The smallest absolute Gasteiger partial charge is 0.137 e. The Morgan fingerprint density at radius 2 is 2.17 bits per heavy atom. The molecule has 0 saturated heterocycles. The number of imidazole rings is 1. The lowest BCUT2D eigenvalue weighted by molar-refractivity contribution is 0.959. The van der Waals surface area contributed by atoms with E-state index in [-0.39, 0.29) is 0 Å². The average Bonchev–Trinajstić information content (AvgIpc) is 2.83. The molecule has 0 saturated carbocycles. The van der Waals surface area contributed by atoms with Crippen molar-refractivity contribution in [1.29, 1.82) is 0 Å². The molecule has 2 N–H and O–H groups in total. The summed E-state index contributed by atoms with van der Waals surface area (Å²) in [5.74, 6) is 0. The van der Waals surface area contributed by atoms with Crippen molar-refractivity contribution >= 4 is 5.65 Å². The van der Waals surface area contributed by atoms with E-state index in [9.17, 15) is 0 Å². The minimum Gasteiger partial charge on any atom is -0.330 e. The molecule has 0 radical (unpaired) electrons. The number of fused-ring (bicyclic) bond motifs is 1. The lowest BCUT2D eigenvalue weighted by atomic mass is 10.1. The molecule has 0 aliphatic heterocycles. The van der Waals surface area contributed by atoms with Crippen LogP contribution in [0.3, 0.4) is 0 Å². The Morgan fingerprint density at radius 3 is 3.00 bits per heavy atom. The Balaban J connectivity index is 2.13. The monoisotopic (exact) mass is 238 g/mol. The van der Waals surface area contributed by atoms with Crippen LogP contribution in [0.4, 0.5) is 0 Å². The van der Waals surface area contributed by atoms with Crippen LogP contribution in [0.25, 0.3) is 16.9 Å². The summed E-state index contributed by atoms with van der Waals surface area (Å²) in [6, 6.07) is 7.96. The molecule has 0 aromatic carbocycles. The van der Waals surface area contributed by atoms with Crippen LogP contribution in [-0.2, 0) is 6.42 Å². The predicted molar refractivity (Wildman–Crippen MR) is 71.2 cm³/mol. The summed E-state index contributed by atoms with van der Waals surface area (Å²) in [5, 5.41) is 0. The highest BCUT2D eigenvalue weighted by Gasteiger charge is 2.08. The Labute approximate surface area is 105 Å². The van der Waals surface area contributed by atoms with Crippen LogP contribution in [0.2, 0.25) is 0 Å². The van der Waals surface area contributed by atoms with Gasteiger partial charge in [-0.1, -0.05) is 6.07 Å². The Morgan fingerprint density at radius 1 is 1.22 bits per heavy atom. The van der Waals surface area contributed by atoms with Gasteiger partial charge in [-0.2, -0.15) is 0 Å². The van der Waals surface area contributed by atoms with Crippen LogP contribution >= 0.6 is 0 Å². The van der Waals surface area contributed by atoms with Crippen molar-refractivity contribution in [2.45, 2.75) is 6.42 Å². The van der Waals surface area contributed by atoms with Crippen molar-refractivity contribution in [3.63, 3.8) is 0 Å². The molecule has 3 aromatic heterocycles. The highest BCUT2D eigenvalue weighted by atomic mass is 15.0. The average molecular weight is 238 g/mol. The number of rotatable bonds is 3. The van der Waals surface area contributed by atoms with E-state index in [1.54, 1.807) is 6.20 Å². The quantitative estimate of drug-likeness (QED) is 0.758. The van der Waals surface area contributed by atoms with E-state index < -0.39 is 0 Å². The normalized spacial score (nSPS) is 10.9. The van der Waals surface area contributed by atoms with Gasteiger partial charge in [0, 0.05) is 30.4 Å². The number of hydrogen-bond donors (Lipinski definition) is 1. The Bertz CT molecular complexity index is 639. The maximum atomic E-state index is 5.63. The van der Waals surface area contributed by atoms with Gasteiger partial charge in [-0.3, -0.25) is 4.98 Å². The molecule has 3 heterocycles. The van der Waals surface area contributed by atoms with Crippen LogP contribution in [0, 0.1) is 0 Å². The fourth-order valence-corrected chi connectivity index (χ4v) is 2.10. The topological polar surface area (TPSA) is 56.2 Å². The van der Waals surface area contributed by atoms with Crippen molar-refractivity contribution < 1.29 is 0 Å². The fraction of sp³-hybridized carbons (Fsp3) is 0.143. The molecule has 0 fully saturated rings. The molecule has 0 spiro atoms. The molecule has 18 heavy (non-hydrogen) atoms. The third kappa shape index (κ3) is 1.87. The summed E-state index contributed by atoms with van der Waals surface area (Å²) in [6.07, 6.45) is 8.50. The van der Waals surface area contributed by atoms with Gasteiger partial charge in [-0.05, 0) is 36.7 Å². The van der Waals surface area contributed by atoms with Crippen LogP contribution in [0.15, 0.2) is 49.1 Å². The molecular formula is C14H14N4. The Hall–Kier alpha value is -2.20. The van der Waals surface area contributed by atoms with Gasteiger partial charge in [0.2, 0.25) is 0 Å². The molecule has 3 aromatic rings. The van der Waals surface area contributed by atoms with E-state index in [0.29, 0.717) is 6.54 Å². The van der Waals surface area contributed by atoms with Crippen molar-refractivity contribution in [2.75, 3.05) is 6.54 Å². The first-order valence-electron chi connectivity index (χ1n) is 5.95. The molecule has 3 rings (SSSR count). The molecule has 0 atom stereocenters. The molecule has 0 unspecified atom stereocenters. The lowest BCUT2D eigenvalue weighted by Crippen LogP contribution is -2.04. The van der Waals surface area contributed by atoms with E-state index in [4.69, 9.17) is 5.73 Å². The number of nitrogens with zero attached hydrogens (tertiary/aromatic N) is 3. The summed E-state index contributed by atoms with van der Waals surface area (Å²) >= 11 is 0. The van der Waals surface area contributed by atoms with E-state index in [0.717, 1.165) is 28.9 Å². The third-order valence-electron chi connectivity index (χ3n) is 2.96. The van der Waals surface area contributed by atoms with E-state index >= 15 is 0 Å². The molecule has 0 amide bonds. The first-order chi connectivity index (χ1) is 8.88. The largest absolute Gasteiger partial charge is 0.330 e. The van der Waals surface area contributed by atoms with E-state index in [1.807, 2.05) is 47.3 Å². The first-order valence-corrected chi connectivity index (χ1v) is 5.95. The number of nitrogens with two attached hydrogens (primary N) is 1. The summed E-state index contributed by atoms with van der Waals surface area (Å²) < 4.78 is 2.02. The first kappa shape index (κ1) is 10.9. The molecule has 0 aliphatic rings. The van der Waals surface area contributed by atoms with Gasteiger partial charge in [-0.25, -0.2) is 4.98 Å². The molecule has 4 nitrogen and oxygen atoms in total. The van der Waals surface area contributed by atoms with Crippen LogP contribution in [0.1, 0.15) is 5.56 Å². The SMILES string of the molecule is NCCc1cnccc1-c1cn2ccccc2n1. The van der Waals surface area contributed by atoms with Gasteiger partial charge >= 0.3 is 0 Å². The second-order valence-electron chi connectivity index (χ2n) is 4.16. The van der Waals surface area contributed by atoms with Gasteiger partial charge in [0.25, 0.3) is 0 Å². The minimum atomic E-state index is 0.617. The fourth-order valence-electron chi connectivity index (χ4n) is 2.10. The van der Waals surface area contributed by atoms with Gasteiger partial charge in [0.15, 0.2) is 0 Å². The van der Waals surface area contributed by atoms with Crippen molar-refractivity contribution in [3.8, 4) is 11.3 Å². The zero-order chi connectivity index (χ0) is 12.4. The van der Waals surface area contributed by atoms with Gasteiger partial charge in [-0.15, -0.1) is 0 Å². The summed E-state index contributed by atoms with van der Waals surface area (Å²) in [6.45, 7) is 0.617. The maximum Gasteiger partial charge on any atom is 0.137 e. The van der Waals surface area contributed by atoms with Crippen molar-refractivity contribution in [2.24, 2.45) is 5.73 Å². The third-order valence-corrected chi connectivity index (χ3v) is 2.96. The maximum absolute atomic E-state index is 5.63. The van der Waals surface area contributed by atoms with Crippen molar-refractivity contribution in [3.05, 3.63) is 54.6 Å². The molecule has 0 bridgehead atoms. The zero-order valence-electron chi connectivity index (χ0n) is 9.95. The second kappa shape index (κ2) is 4.58. The standard InChI is InChI=1S/C14H14N4/c15-6-4-11-9-16-7-5-12(11)13-10-18-8-2-1-3-14(18)17-13/h1-3,5,7-10H,4,6,15H2. The van der Waals surface area contributed by atoms with Gasteiger partial charge in [0.05, 0.1) is 5.69 Å². The van der Waals surface area contributed by atoms with Crippen LogP contribution in [-0.4, -0.2) is 20.9 Å². The Kier molecular flexibility index (Phi) is 2.78. The van der Waals surface area contributed by atoms with E-state index in [2.05, 4.69) is 9.97 Å². The van der Waals surface area contributed by atoms with Crippen LogP contribution in [0.5, 0.6) is 0 Å². The lowest BCUT2D eigenvalue weighted by Gasteiger charge is -2.04. The number of hydrogen-bond acceptors (Lipinski definition) is 3. The summed E-state index contributed by atoms with van der Waals surface area (Å²) in [4.78, 5) is 8.77. The molecule has 90 valence electrons. The second-order valence-corrected chi connectivity index (χ2v) is 4.16. The van der Waals surface area contributed by atoms with Gasteiger partial charge in [0.1, 0.15) is 5.65 Å². The summed E-state index contributed by atoms with van der Waals surface area (Å²) in [5.41, 5.74) is 9.79.